The second-order valence-electron chi connectivity index (χ2n) is 6.94. The van der Waals surface area contributed by atoms with Gasteiger partial charge in [-0.05, 0) is 67.6 Å². The summed E-state index contributed by atoms with van der Waals surface area (Å²) in [4.78, 5) is 8.37. The maximum absolute atomic E-state index is 14.7. The molecule has 3 rings (SSSR count). The Balaban J connectivity index is 1.75. The van der Waals surface area contributed by atoms with Crippen LogP contribution in [0, 0.1) is 44.0 Å². The number of rotatable bonds is 6. The van der Waals surface area contributed by atoms with Crippen molar-refractivity contribution in [3.05, 3.63) is 87.5 Å². The molecule has 1 aromatic heterocycles. The number of nitrogens with zero attached hydrogens (tertiary/aromatic N) is 2. The van der Waals surface area contributed by atoms with Crippen molar-refractivity contribution in [2.75, 3.05) is 0 Å². The lowest BCUT2D eigenvalue weighted by Crippen LogP contribution is -2.06. The number of hydrogen-bond donors (Lipinski definition) is 0. The van der Waals surface area contributed by atoms with Gasteiger partial charge >= 0.3 is 0 Å². The van der Waals surface area contributed by atoms with Crippen molar-refractivity contribution in [3.8, 4) is 5.75 Å². The summed E-state index contributed by atoms with van der Waals surface area (Å²) in [5, 5.41) is 0. The Morgan fingerprint density at radius 2 is 1.41 bits per heavy atom. The molecule has 2 aromatic carbocycles. The molecule has 0 unspecified atom stereocenters. The highest BCUT2D eigenvalue weighted by Gasteiger charge is 2.18. The average Bonchev–Trinajstić information content (AvgIpc) is 2.69. The number of hydrogen-bond acceptors (Lipinski definition) is 3. The van der Waals surface area contributed by atoms with E-state index < -0.39 is 29.0 Å². The van der Waals surface area contributed by atoms with Crippen LogP contribution >= 0.6 is 0 Å². The fourth-order valence-corrected chi connectivity index (χ4v) is 2.87. The minimum atomic E-state index is -0.874. The molecule has 1 heterocycles. The van der Waals surface area contributed by atoms with Gasteiger partial charge in [0, 0.05) is 24.4 Å². The van der Waals surface area contributed by atoms with E-state index in [1.165, 1.54) is 19.9 Å². The Morgan fingerprint density at radius 3 is 2.03 bits per heavy atom. The Bertz CT molecular complexity index is 1010. The Morgan fingerprint density at radius 1 is 0.793 bits per heavy atom. The summed E-state index contributed by atoms with van der Waals surface area (Å²) in [7, 11) is 0. The summed E-state index contributed by atoms with van der Waals surface area (Å²) in [6, 6.07) is 3.37. The fourth-order valence-electron chi connectivity index (χ4n) is 2.87. The van der Waals surface area contributed by atoms with E-state index >= 15 is 0 Å². The zero-order valence-electron chi connectivity index (χ0n) is 16.3. The lowest BCUT2D eigenvalue weighted by molar-refractivity contribution is 0.272. The average molecular weight is 404 g/mol. The van der Waals surface area contributed by atoms with Crippen LogP contribution in [-0.4, -0.2) is 9.97 Å². The van der Waals surface area contributed by atoms with Crippen LogP contribution in [0.1, 0.15) is 33.6 Å². The van der Waals surface area contributed by atoms with Gasteiger partial charge in [0.15, 0.2) is 17.4 Å². The maximum Gasteiger partial charge on any atom is 0.191 e. The quantitative estimate of drug-likeness (QED) is 0.522. The van der Waals surface area contributed by atoms with Crippen molar-refractivity contribution in [1.29, 1.82) is 0 Å². The Kier molecular flexibility index (Phi) is 6.15. The molecule has 7 heteroatoms. The molecule has 3 aromatic rings. The van der Waals surface area contributed by atoms with Gasteiger partial charge in [-0.2, -0.15) is 0 Å². The molecule has 0 saturated carbocycles. The molecule has 0 atom stereocenters. The van der Waals surface area contributed by atoms with Gasteiger partial charge in [-0.1, -0.05) is 0 Å². The molecule has 3 nitrogen and oxygen atoms in total. The van der Waals surface area contributed by atoms with Gasteiger partial charge in [0.25, 0.3) is 0 Å². The first-order valence-corrected chi connectivity index (χ1v) is 9.08. The minimum Gasteiger partial charge on any atom is -0.483 e. The third-order valence-electron chi connectivity index (χ3n) is 4.70. The van der Waals surface area contributed by atoms with Crippen LogP contribution in [0.5, 0.6) is 5.75 Å². The van der Waals surface area contributed by atoms with E-state index in [0.717, 1.165) is 17.7 Å². The molecule has 0 aliphatic rings. The third-order valence-corrected chi connectivity index (χ3v) is 4.70. The van der Waals surface area contributed by atoms with Crippen molar-refractivity contribution in [2.45, 2.75) is 40.2 Å². The van der Waals surface area contributed by atoms with Gasteiger partial charge in [0.2, 0.25) is 0 Å². The van der Waals surface area contributed by atoms with E-state index in [2.05, 4.69) is 9.97 Å². The van der Waals surface area contributed by atoms with E-state index in [-0.39, 0.29) is 23.3 Å². The highest BCUT2D eigenvalue weighted by molar-refractivity contribution is 5.39. The number of halogens is 4. The van der Waals surface area contributed by atoms with Gasteiger partial charge in [-0.25, -0.2) is 27.5 Å². The van der Waals surface area contributed by atoms with Gasteiger partial charge in [-0.15, -0.1) is 0 Å². The molecule has 0 fully saturated rings. The molecule has 0 aliphatic heterocycles. The number of benzene rings is 2. The van der Waals surface area contributed by atoms with E-state index in [9.17, 15) is 17.6 Å². The van der Waals surface area contributed by atoms with E-state index in [1.807, 2.05) is 6.92 Å². The highest BCUT2D eigenvalue weighted by atomic mass is 19.1. The maximum atomic E-state index is 14.7. The van der Waals surface area contributed by atoms with Crippen molar-refractivity contribution < 1.29 is 22.3 Å². The Labute approximate surface area is 166 Å². The number of aryl methyl sites for hydroxylation is 3. The zero-order valence-corrected chi connectivity index (χ0v) is 16.3. The number of ether oxygens (including phenoxy) is 1. The van der Waals surface area contributed by atoms with Gasteiger partial charge in [-0.3, -0.25) is 0 Å². The molecule has 0 saturated heterocycles. The first-order valence-electron chi connectivity index (χ1n) is 9.08. The highest BCUT2D eigenvalue weighted by Crippen LogP contribution is 2.29. The summed E-state index contributed by atoms with van der Waals surface area (Å²) >= 11 is 0. The van der Waals surface area contributed by atoms with Crippen LogP contribution in [0.3, 0.4) is 0 Å². The normalized spacial score (nSPS) is 11.0. The molecule has 0 radical (unpaired) electrons. The SMILES string of the molecule is Cc1cnc(CCc2cc(F)c(OCc3cc(F)c(C)c(F)c3)c(F)c2C)nc1. The van der Waals surface area contributed by atoms with Crippen molar-refractivity contribution in [1.82, 2.24) is 9.97 Å². The van der Waals surface area contributed by atoms with Gasteiger partial charge in [0.05, 0.1) is 0 Å². The van der Waals surface area contributed by atoms with Crippen LogP contribution in [0.4, 0.5) is 17.6 Å². The van der Waals surface area contributed by atoms with Crippen LogP contribution in [0.15, 0.2) is 30.6 Å². The topological polar surface area (TPSA) is 35.0 Å². The van der Waals surface area contributed by atoms with Gasteiger partial charge in [0.1, 0.15) is 24.1 Å². The first-order chi connectivity index (χ1) is 13.8. The third kappa shape index (κ3) is 4.72. The fraction of sp³-hybridized carbons (Fsp3) is 0.273. The minimum absolute atomic E-state index is 0.121. The van der Waals surface area contributed by atoms with Crippen LogP contribution in [-0.2, 0) is 19.4 Å². The van der Waals surface area contributed by atoms with Crippen molar-refractivity contribution in [2.24, 2.45) is 0 Å². The molecule has 0 N–H and O–H groups in total. The molecule has 0 spiro atoms. The Hall–Kier alpha value is -2.96. The predicted octanol–water partition coefficient (Wildman–Crippen LogP) is 5.32. The van der Waals surface area contributed by atoms with Crippen LogP contribution in [0.2, 0.25) is 0 Å². The van der Waals surface area contributed by atoms with E-state index in [0.29, 0.717) is 24.2 Å². The molecule has 0 bridgehead atoms. The number of aromatic nitrogens is 2. The molecule has 0 aliphatic carbocycles. The monoisotopic (exact) mass is 404 g/mol. The lowest BCUT2D eigenvalue weighted by atomic mass is 10.0. The van der Waals surface area contributed by atoms with Crippen molar-refractivity contribution in [3.63, 3.8) is 0 Å². The molecule has 0 amide bonds. The smallest absolute Gasteiger partial charge is 0.191 e. The second kappa shape index (κ2) is 8.59. The molecular weight excluding hydrogens is 384 g/mol. The predicted molar refractivity (Wildman–Crippen MR) is 101 cm³/mol. The van der Waals surface area contributed by atoms with Gasteiger partial charge < -0.3 is 4.74 Å². The van der Waals surface area contributed by atoms with Crippen LogP contribution in [0.25, 0.3) is 0 Å². The summed E-state index contributed by atoms with van der Waals surface area (Å²) in [6.45, 7) is 4.34. The molecule has 29 heavy (non-hydrogen) atoms. The van der Waals surface area contributed by atoms with E-state index in [1.54, 1.807) is 12.4 Å². The van der Waals surface area contributed by atoms with Crippen LogP contribution < -0.4 is 4.74 Å². The summed E-state index contributed by atoms with van der Waals surface area (Å²) in [5.74, 6) is -3.18. The standard InChI is InChI=1S/C22H20F4N2O/c1-12-9-27-20(28-10-12)5-4-16-8-19(25)22(21(26)13(16)2)29-11-15-6-17(23)14(3)18(24)7-15/h6-10H,4-5,11H2,1-3H3. The first kappa shape index (κ1) is 20.8. The molecule has 152 valence electrons. The second-order valence-corrected chi connectivity index (χ2v) is 6.94. The summed E-state index contributed by atoms with van der Waals surface area (Å²) < 4.78 is 61.6. The summed E-state index contributed by atoms with van der Waals surface area (Å²) in [6.07, 6.45) is 4.16. The lowest BCUT2D eigenvalue weighted by Gasteiger charge is -2.14. The van der Waals surface area contributed by atoms with Crippen molar-refractivity contribution >= 4 is 0 Å². The zero-order chi connectivity index (χ0) is 21.1. The summed E-state index contributed by atoms with van der Waals surface area (Å²) in [5.41, 5.74) is 1.67. The largest absolute Gasteiger partial charge is 0.483 e. The molecular formula is C22H20F4N2O. The van der Waals surface area contributed by atoms with E-state index in [4.69, 9.17) is 4.74 Å².